The van der Waals surface area contributed by atoms with Gasteiger partial charge in [-0.2, -0.15) is 5.10 Å². The quantitative estimate of drug-likeness (QED) is 0.223. The third-order valence-electron chi connectivity index (χ3n) is 4.25. The van der Waals surface area contributed by atoms with Gasteiger partial charge in [-0.1, -0.05) is 32.1 Å². The fraction of sp³-hybridized carbons (Fsp3) is 0.273. The Bertz CT molecular complexity index is 1030. The van der Waals surface area contributed by atoms with Crippen LogP contribution < -0.4 is 10.8 Å². The van der Waals surface area contributed by atoms with E-state index in [-0.39, 0.29) is 12.5 Å². The number of allylic oxidation sites excluding steroid dienone is 3. The molecule has 0 fully saturated rings. The molecule has 2 aromatic heterocycles. The van der Waals surface area contributed by atoms with Crippen LogP contribution in [0.3, 0.4) is 0 Å². The van der Waals surface area contributed by atoms with E-state index in [4.69, 9.17) is 5.21 Å². The Morgan fingerprint density at radius 3 is 2.77 bits per heavy atom. The molecule has 2 rings (SSSR count). The van der Waals surface area contributed by atoms with Gasteiger partial charge in [0.05, 0.1) is 15.5 Å². The number of amides is 2. The molecule has 2 heterocycles. The molecule has 0 bridgehead atoms. The summed E-state index contributed by atoms with van der Waals surface area (Å²) in [4.78, 5) is 29.7. The Hall–Kier alpha value is -3.30. The van der Waals surface area contributed by atoms with E-state index < -0.39 is 5.91 Å². The molecule has 9 heteroatoms. The van der Waals surface area contributed by atoms with Crippen molar-refractivity contribution in [2.24, 2.45) is 4.99 Å². The molecule has 3 N–H and O–H groups in total. The van der Waals surface area contributed by atoms with Crippen molar-refractivity contribution in [2.75, 3.05) is 0 Å². The summed E-state index contributed by atoms with van der Waals surface area (Å²) in [5, 5.41) is 16.0. The lowest BCUT2D eigenvalue weighted by atomic mass is 10.1. The zero-order valence-corrected chi connectivity index (χ0v) is 18.7. The average Bonchev–Trinajstić information content (AvgIpc) is 3.42. The summed E-state index contributed by atoms with van der Waals surface area (Å²) in [6.07, 6.45) is 8.97. The molecule has 0 saturated heterocycles. The zero-order valence-electron chi connectivity index (χ0n) is 17.9. The Morgan fingerprint density at radius 2 is 2.13 bits per heavy atom. The first-order valence-electron chi connectivity index (χ1n) is 9.83. The van der Waals surface area contributed by atoms with Gasteiger partial charge >= 0.3 is 0 Å². The standard InChI is InChI=1S/C22H27N5O3S/c1-5-8-12-23-21(16(6-2)7-3)15(4)24-20(28)14-27-13-11-17(25-27)18-9-10-19(31-18)22(29)26-30/h6-7,9-13,30H,2,5,8,14H2,1,3-4H3,(H,24,28)(H,26,29)/b16-7-,21-15-,23-12?. The highest BCUT2D eigenvalue weighted by Crippen LogP contribution is 2.26. The number of hydroxylamine groups is 1. The Balaban J connectivity index is 2.12. The van der Waals surface area contributed by atoms with Crippen molar-refractivity contribution in [2.45, 2.75) is 40.2 Å². The highest BCUT2D eigenvalue weighted by Gasteiger charge is 2.13. The SMILES string of the molecule is C=CC(=C/C)/C(N=CCCC)=C(\C)NC(=O)Cn1ccc(-c2ccc(C(=O)NO)s2)n1. The van der Waals surface area contributed by atoms with E-state index in [1.807, 2.05) is 19.2 Å². The van der Waals surface area contributed by atoms with Crippen molar-refractivity contribution in [3.8, 4) is 10.6 Å². The maximum Gasteiger partial charge on any atom is 0.284 e. The minimum atomic E-state index is -0.574. The number of hydrogen-bond acceptors (Lipinski definition) is 6. The van der Waals surface area contributed by atoms with Gasteiger partial charge in [-0.05, 0) is 44.0 Å². The molecule has 2 aromatic rings. The number of unbranched alkanes of at least 4 members (excludes halogenated alkanes) is 1. The van der Waals surface area contributed by atoms with Crippen molar-refractivity contribution in [3.63, 3.8) is 0 Å². The third-order valence-corrected chi connectivity index (χ3v) is 5.36. The molecule has 2 amide bonds. The predicted octanol–water partition coefficient (Wildman–Crippen LogP) is 4.08. The van der Waals surface area contributed by atoms with Crippen LogP contribution in [0.5, 0.6) is 0 Å². The van der Waals surface area contributed by atoms with Crippen LogP contribution in [0.1, 0.15) is 43.3 Å². The minimum absolute atomic E-state index is 0.0257. The van der Waals surface area contributed by atoms with E-state index in [9.17, 15) is 9.59 Å². The number of carbonyl (C=O) groups is 2. The predicted molar refractivity (Wildman–Crippen MR) is 123 cm³/mol. The van der Waals surface area contributed by atoms with Gasteiger partial charge in [0.2, 0.25) is 5.91 Å². The van der Waals surface area contributed by atoms with Crippen LogP contribution in [0.2, 0.25) is 0 Å². The summed E-state index contributed by atoms with van der Waals surface area (Å²) >= 11 is 1.20. The topological polar surface area (TPSA) is 109 Å². The highest BCUT2D eigenvalue weighted by molar-refractivity contribution is 7.17. The van der Waals surface area contributed by atoms with Crippen LogP contribution in [-0.4, -0.2) is 33.0 Å². The van der Waals surface area contributed by atoms with E-state index in [0.717, 1.165) is 23.3 Å². The lowest BCUT2D eigenvalue weighted by Crippen LogP contribution is -2.27. The van der Waals surface area contributed by atoms with Gasteiger partial charge in [-0.3, -0.25) is 24.5 Å². The zero-order chi connectivity index (χ0) is 22.8. The van der Waals surface area contributed by atoms with Gasteiger partial charge in [0.25, 0.3) is 5.91 Å². The molecule has 0 saturated carbocycles. The fourth-order valence-electron chi connectivity index (χ4n) is 2.71. The summed E-state index contributed by atoms with van der Waals surface area (Å²) in [6.45, 7) is 9.62. The van der Waals surface area contributed by atoms with E-state index in [1.165, 1.54) is 16.0 Å². The molecule has 0 spiro atoms. The molecule has 8 nitrogen and oxygen atoms in total. The molecular weight excluding hydrogens is 414 g/mol. The fourth-order valence-corrected chi connectivity index (χ4v) is 3.57. The van der Waals surface area contributed by atoms with Crippen molar-refractivity contribution in [3.05, 3.63) is 65.0 Å². The van der Waals surface area contributed by atoms with Gasteiger partial charge in [-0.25, -0.2) is 5.48 Å². The van der Waals surface area contributed by atoms with Crippen LogP contribution in [-0.2, 0) is 11.3 Å². The van der Waals surface area contributed by atoms with E-state index >= 15 is 0 Å². The maximum absolute atomic E-state index is 12.6. The van der Waals surface area contributed by atoms with Gasteiger partial charge < -0.3 is 5.32 Å². The third kappa shape index (κ3) is 6.59. The number of nitrogens with zero attached hydrogens (tertiary/aromatic N) is 3. The van der Waals surface area contributed by atoms with Crippen LogP contribution in [0.25, 0.3) is 10.6 Å². The van der Waals surface area contributed by atoms with Crippen molar-refractivity contribution in [1.29, 1.82) is 0 Å². The summed E-state index contributed by atoms with van der Waals surface area (Å²) in [5.74, 6) is -0.809. The highest BCUT2D eigenvalue weighted by atomic mass is 32.1. The van der Waals surface area contributed by atoms with Crippen LogP contribution in [0.15, 0.2) is 65.1 Å². The molecule has 0 aliphatic carbocycles. The molecule has 0 aromatic carbocycles. The van der Waals surface area contributed by atoms with Gasteiger partial charge in [0, 0.05) is 18.1 Å². The Morgan fingerprint density at radius 1 is 1.35 bits per heavy atom. The second-order valence-electron chi connectivity index (χ2n) is 6.57. The van der Waals surface area contributed by atoms with Crippen LogP contribution in [0, 0.1) is 0 Å². The molecule has 31 heavy (non-hydrogen) atoms. The van der Waals surface area contributed by atoms with Crippen LogP contribution >= 0.6 is 11.3 Å². The van der Waals surface area contributed by atoms with Gasteiger partial charge in [-0.15, -0.1) is 11.3 Å². The summed E-state index contributed by atoms with van der Waals surface area (Å²) in [7, 11) is 0. The molecule has 0 atom stereocenters. The van der Waals surface area contributed by atoms with Gasteiger partial charge in [0.1, 0.15) is 12.2 Å². The molecule has 0 aliphatic heterocycles. The molecule has 164 valence electrons. The smallest absolute Gasteiger partial charge is 0.284 e. The number of thiophene rings is 1. The normalized spacial score (nSPS) is 12.6. The summed E-state index contributed by atoms with van der Waals surface area (Å²) in [6, 6.07) is 5.10. The first kappa shape index (κ1) is 24.0. The second-order valence-corrected chi connectivity index (χ2v) is 7.66. The Kier molecular flexibility index (Phi) is 9.11. The van der Waals surface area contributed by atoms with Crippen molar-refractivity contribution in [1.82, 2.24) is 20.6 Å². The number of carbonyl (C=O) groups excluding carboxylic acids is 2. The van der Waals surface area contributed by atoms with Crippen molar-refractivity contribution >= 4 is 29.4 Å². The molecular formula is C22H27N5O3S. The van der Waals surface area contributed by atoms with E-state index in [1.54, 1.807) is 42.9 Å². The summed E-state index contributed by atoms with van der Waals surface area (Å²) in [5.41, 5.74) is 4.39. The summed E-state index contributed by atoms with van der Waals surface area (Å²) < 4.78 is 1.52. The first-order valence-corrected chi connectivity index (χ1v) is 10.7. The number of hydrogen-bond donors (Lipinski definition) is 3. The number of rotatable bonds is 10. The number of nitrogens with one attached hydrogen (secondary N) is 2. The van der Waals surface area contributed by atoms with Crippen molar-refractivity contribution < 1.29 is 14.8 Å². The monoisotopic (exact) mass is 441 g/mol. The van der Waals surface area contributed by atoms with E-state index in [0.29, 0.717) is 22.0 Å². The van der Waals surface area contributed by atoms with E-state index in [2.05, 4.69) is 28.9 Å². The first-order chi connectivity index (χ1) is 14.9. The minimum Gasteiger partial charge on any atom is -0.326 e. The molecule has 0 aliphatic rings. The number of aromatic nitrogens is 2. The molecule has 0 unspecified atom stereocenters. The number of aliphatic imine (C=N–C) groups is 1. The average molecular weight is 442 g/mol. The maximum atomic E-state index is 12.6. The Labute approximate surface area is 185 Å². The lowest BCUT2D eigenvalue weighted by Gasteiger charge is -2.11. The van der Waals surface area contributed by atoms with Gasteiger partial charge in [0.15, 0.2) is 0 Å². The van der Waals surface area contributed by atoms with Crippen LogP contribution in [0.4, 0.5) is 0 Å². The largest absolute Gasteiger partial charge is 0.326 e. The second kappa shape index (κ2) is 11.8. The molecule has 0 radical (unpaired) electrons. The lowest BCUT2D eigenvalue weighted by molar-refractivity contribution is -0.121.